The number of aldehydes is 1. The Hall–Kier alpha value is -1.90. The summed E-state index contributed by atoms with van der Waals surface area (Å²) < 4.78 is 0. The zero-order chi connectivity index (χ0) is 11.8. The molecule has 0 bridgehead atoms. The van der Waals surface area contributed by atoms with Gasteiger partial charge in [-0.2, -0.15) is 0 Å². The van der Waals surface area contributed by atoms with Gasteiger partial charge in [0.2, 0.25) is 0 Å². The van der Waals surface area contributed by atoms with Crippen molar-refractivity contribution in [1.29, 1.82) is 0 Å². The number of allylic oxidation sites excluding steroid dienone is 1. The van der Waals surface area contributed by atoms with Crippen LogP contribution in [0.5, 0.6) is 0 Å². The minimum atomic E-state index is -0.120. The van der Waals surface area contributed by atoms with Crippen LogP contribution in [0.25, 0.3) is 0 Å². The SMILES string of the molecule is C/C=C/CN(CC=O)C(=O)c1ccccc1. The van der Waals surface area contributed by atoms with E-state index >= 15 is 0 Å². The van der Waals surface area contributed by atoms with Crippen LogP contribution < -0.4 is 0 Å². The lowest BCUT2D eigenvalue weighted by Crippen LogP contribution is -2.32. The van der Waals surface area contributed by atoms with Crippen molar-refractivity contribution in [2.24, 2.45) is 0 Å². The second-order valence-electron chi connectivity index (χ2n) is 3.31. The fourth-order valence-corrected chi connectivity index (χ4v) is 1.33. The number of hydrogen-bond donors (Lipinski definition) is 0. The van der Waals surface area contributed by atoms with Crippen molar-refractivity contribution < 1.29 is 9.59 Å². The summed E-state index contributed by atoms with van der Waals surface area (Å²) in [5.41, 5.74) is 0.605. The number of carbonyl (C=O) groups is 2. The molecule has 0 atom stereocenters. The number of benzene rings is 1. The van der Waals surface area contributed by atoms with E-state index < -0.39 is 0 Å². The lowest BCUT2D eigenvalue weighted by Gasteiger charge is -2.18. The van der Waals surface area contributed by atoms with E-state index in [1.165, 1.54) is 4.90 Å². The first kappa shape index (κ1) is 12.2. The van der Waals surface area contributed by atoms with Crippen LogP contribution in [0.3, 0.4) is 0 Å². The molecule has 1 aromatic carbocycles. The molecule has 0 saturated heterocycles. The lowest BCUT2D eigenvalue weighted by molar-refractivity contribution is -0.108. The molecule has 3 heteroatoms. The first-order valence-corrected chi connectivity index (χ1v) is 5.18. The average Bonchev–Trinajstić information content (AvgIpc) is 2.35. The quantitative estimate of drug-likeness (QED) is 0.558. The van der Waals surface area contributed by atoms with Gasteiger partial charge in [-0.25, -0.2) is 0 Å². The molecule has 0 unspecified atom stereocenters. The van der Waals surface area contributed by atoms with E-state index in [2.05, 4.69) is 0 Å². The first-order valence-electron chi connectivity index (χ1n) is 5.18. The molecule has 0 spiro atoms. The third-order valence-electron chi connectivity index (χ3n) is 2.16. The number of hydrogen-bond acceptors (Lipinski definition) is 2. The van der Waals surface area contributed by atoms with Gasteiger partial charge in [0.05, 0.1) is 6.54 Å². The molecule has 0 aromatic heterocycles. The lowest BCUT2D eigenvalue weighted by atomic mass is 10.2. The van der Waals surface area contributed by atoms with Gasteiger partial charge in [-0.1, -0.05) is 30.4 Å². The van der Waals surface area contributed by atoms with Crippen molar-refractivity contribution in [2.45, 2.75) is 6.92 Å². The predicted octanol–water partition coefficient (Wildman–Crippen LogP) is 1.90. The van der Waals surface area contributed by atoms with Crippen molar-refractivity contribution in [2.75, 3.05) is 13.1 Å². The maximum atomic E-state index is 12.0. The molecule has 0 saturated carbocycles. The van der Waals surface area contributed by atoms with E-state index in [0.717, 1.165) is 6.29 Å². The van der Waals surface area contributed by atoms with E-state index in [1.807, 2.05) is 37.3 Å². The molecule has 0 aliphatic rings. The van der Waals surface area contributed by atoms with Gasteiger partial charge in [0, 0.05) is 12.1 Å². The van der Waals surface area contributed by atoms with Crippen LogP contribution in [-0.2, 0) is 4.79 Å². The summed E-state index contributed by atoms with van der Waals surface area (Å²) in [5.74, 6) is -0.120. The summed E-state index contributed by atoms with van der Waals surface area (Å²) >= 11 is 0. The topological polar surface area (TPSA) is 37.4 Å². The smallest absolute Gasteiger partial charge is 0.254 e. The Kier molecular flexibility index (Phi) is 4.99. The number of nitrogens with zero attached hydrogens (tertiary/aromatic N) is 1. The standard InChI is InChI=1S/C13H15NO2/c1-2-3-9-14(10-11-15)13(16)12-7-5-4-6-8-12/h2-8,11H,9-10H2,1H3/b3-2+. The van der Waals surface area contributed by atoms with E-state index in [0.29, 0.717) is 12.1 Å². The molecular formula is C13H15NO2. The van der Waals surface area contributed by atoms with E-state index in [9.17, 15) is 9.59 Å². The highest BCUT2D eigenvalue weighted by molar-refractivity contribution is 5.95. The molecule has 0 fully saturated rings. The molecule has 0 N–H and O–H groups in total. The Morgan fingerprint density at radius 3 is 2.50 bits per heavy atom. The van der Waals surface area contributed by atoms with Gasteiger partial charge in [0.25, 0.3) is 5.91 Å². The van der Waals surface area contributed by atoms with Crippen molar-refractivity contribution in [3.8, 4) is 0 Å². The van der Waals surface area contributed by atoms with Crippen LogP contribution in [0.2, 0.25) is 0 Å². The van der Waals surface area contributed by atoms with Crippen molar-refractivity contribution in [3.63, 3.8) is 0 Å². The summed E-state index contributed by atoms with van der Waals surface area (Å²) in [6, 6.07) is 8.96. The van der Waals surface area contributed by atoms with Crippen molar-refractivity contribution in [3.05, 3.63) is 48.0 Å². The van der Waals surface area contributed by atoms with Crippen LogP contribution in [-0.4, -0.2) is 30.2 Å². The Bertz CT molecular complexity index is 371. The largest absolute Gasteiger partial charge is 0.328 e. The molecule has 84 valence electrons. The fraction of sp³-hybridized carbons (Fsp3) is 0.231. The average molecular weight is 217 g/mol. The Balaban J connectivity index is 2.78. The first-order chi connectivity index (χ1) is 7.79. The van der Waals surface area contributed by atoms with E-state index in [4.69, 9.17) is 0 Å². The van der Waals surface area contributed by atoms with Gasteiger partial charge in [0.15, 0.2) is 0 Å². The molecule has 1 amide bonds. The highest BCUT2D eigenvalue weighted by atomic mass is 16.2. The summed E-state index contributed by atoms with van der Waals surface area (Å²) in [7, 11) is 0. The Morgan fingerprint density at radius 2 is 1.94 bits per heavy atom. The Labute approximate surface area is 95.4 Å². The van der Waals surface area contributed by atoms with Gasteiger partial charge in [-0.05, 0) is 19.1 Å². The normalized spacial score (nSPS) is 10.3. The maximum Gasteiger partial charge on any atom is 0.254 e. The highest BCUT2D eigenvalue weighted by Crippen LogP contribution is 2.04. The summed E-state index contributed by atoms with van der Waals surface area (Å²) in [4.78, 5) is 24.0. The zero-order valence-electron chi connectivity index (χ0n) is 9.30. The van der Waals surface area contributed by atoms with Gasteiger partial charge < -0.3 is 9.69 Å². The van der Waals surface area contributed by atoms with Crippen molar-refractivity contribution in [1.82, 2.24) is 4.90 Å². The van der Waals surface area contributed by atoms with Gasteiger partial charge in [0.1, 0.15) is 6.29 Å². The third kappa shape index (κ3) is 3.35. The fourth-order valence-electron chi connectivity index (χ4n) is 1.33. The monoisotopic (exact) mass is 217 g/mol. The molecule has 0 aliphatic heterocycles. The minimum absolute atomic E-state index is 0.120. The number of amides is 1. The van der Waals surface area contributed by atoms with E-state index in [1.54, 1.807) is 12.1 Å². The number of rotatable bonds is 5. The predicted molar refractivity (Wildman–Crippen MR) is 63.2 cm³/mol. The minimum Gasteiger partial charge on any atom is -0.328 e. The molecule has 3 nitrogen and oxygen atoms in total. The van der Waals surface area contributed by atoms with Gasteiger partial charge in [-0.3, -0.25) is 4.79 Å². The molecule has 16 heavy (non-hydrogen) atoms. The molecular weight excluding hydrogens is 202 g/mol. The molecule has 1 rings (SSSR count). The second-order valence-corrected chi connectivity index (χ2v) is 3.31. The third-order valence-corrected chi connectivity index (χ3v) is 2.16. The van der Waals surface area contributed by atoms with E-state index in [-0.39, 0.29) is 12.5 Å². The number of carbonyl (C=O) groups excluding carboxylic acids is 2. The molecule has 0 radical (unpaired) electrons. The molecule has 0 aliphatic carbocycles. The Morgan fingerprint density at radius 1 is 1.25 bits per heavy atom. The maximum absolute atomic E-state index is 12.0. The van der Waals surface area contributed by atoms with Crippen LogP contribution in [0.15, 0.2) is 42.5 Å². The highest BCUT2D eigenvalue weighted by Gasteiger charge is 2.12. The van der Waals surface area contributed by atoms with Crippen LogP contribution in [0.1, 0.15) is 17.3 Å². The van der Waals surface area contributed by atoms with Crippen LogP contribution in [0, 0.1) is 0 Å². The van der Waals surface area contributed by atoms with Crippen molar-refractivity contribution >= 4 is 12.2 Å². The summed E-state index contributed by atoms with van der Waals surface area (Å²) in [5, 5.41) is 0. The van der Waals surface area contributed by atoms with Gasteiger partial charge >= 0.3 is 0 Å². The van der Waals surface area contributed by atoms with Crippen LogP contribution in [0.4, 0.5) is 0 Å². The molecule has 1 aromatic rings. The summed E-state index contributed by atoms with van der Waals surface area (Å²) in [6.07, 6.45) is 4.45. The second kappa shape index (κ2) is 6.56. The summed E-state index contributed by atoms with van der Waals surface area (Å²) in [6.45, 7) is 2.47. The van der Waals surface area contributed by atoms with Gasteiger partial charge in [-0.15, -0.1) is 0 Å². The molecule has 0 heterocycles. The zero-order valence-corrected chi connectivity index (χ0v) is 9.30. The van der Waals surface area contributed by atoms with Crippen LogP contribution >= 0.6 is 0 Å².